The maximum Gasteiger partial charge on any atom is 0.251 e. The Bertz CT molecular complexity index is 990. The Hall–Kier alpha value is -2.22. The lowest BCUT2D eigenvalue weighted by Crippen LogP contribution is -2.31. The molecule has 26 heavy (non-hydrogen) atoms. The molecule has 0 unspecified atom stereocenters. The Labute approximate surface area is 160 Å². The lowest BCUT2D eigenvalue weighted by molar-refractivity contribution is 0.0953. The van der Waals surface area contributed by atoms with Crippen LogP contribution < -0.4 is 5.32 Å². The number of aromatic nitrogens is 1. The Morgan fingerprint density at radius 1 is 1.19 bits per heavy atom. The van der Waals surface area contributed by atoms with Crippen molar-refractivity contribution in [3.8, 4) is 0 Å². The van der Waals surface area contributed by atoms with Crippen LogP contribution in [0.5, 0.6) is 0 Å². The van der Waals surface area contributed by atoms with Gasteiger partial charge < -0.3 is 5.32 Å². The molecule has 0 aliphatic rings. The second kappa shape index (κ2) is 7.99. The van der Waals surface area contributed by atoms with Gasteiger partial charge in [0.2, 0.25) is 0 Å². The molecule has 3 aromatic rings. The zero-order chi connectivity index (χ0) is 18.6. The summed E-state index contributed by atoms with van der Waals surface area (Å²) in [5.41, 5.74) is 0.892. The van der Waals surface area contributed by atoms with Crippen LogP contribution in [0.15, 0.2) is 70.5 Å². The van der Waals surface area contributed by atoms with Crippen LogP contribution in [0, 0.1) is 0 Å². The van der Waals surface area contributed by atoms with Crippen LogP contribution in [0.1, 0.15) is 21.2 Å². The Kier molecular flexibility index (Phi) is 5.70. The first kappa shape index (κ1) is 18.6. The van der Waals surface area contributed by atoms with E-state index in [-0.39, 0.29) is 16.7 Å². The second-order valence-electron chi connectivity index (χ2n) is 5.47. The van der Waals surface area contributed by atoms with Crippen LogP contribution in [0.4, 0.5) is 0 Å². The third kappa shape index (κ3) is 4.12. The topological polar surface area (TPSA) is 76.1 Å². The highest BCUT2D eigenvalue weighted by atomic mass is 35.5. The number of hydrogen-bond donors (Lipinski definition) is 1. The predicted octanol–water partition coefficient (Wildman–Crippen LogP) is 3.74. The van der Waals surface area contributed by atoms with E-state index in [1.165, 1.54) is 12.3 Å². The number of sulfone groups is 1. The molecule has 5 nitrogen and oxygen atoms in total. The molecule has 3 rings (SSSR count). The maximum atomic E-state index is 13.0. The first-order valence-corrected chi connectivity index (χ1v) is 10.5. The summed E-state index contributed by atoms with van der Waals surface area (Å²) < 4.78 is 26.3. The van der Waals surface area contributed by atoms with Gasteiger partial charge in [-0.15, -0.1) is 11.3 Å². The van der Waals surface area contributed by atoms with Crippen molar-refractivity contribution in [1.82, 2.24) is 10.3 Å². The molecule has 0 spiro atoms. The quantitative estimate of drug-likeness (QED) is 0.676. The lowest BCUT2D eigenvalue weighted by Gasteiger charge is -2.18. The number of pyridine rings is 1. The van der Waals surface area contributed by atoms with Gasteiger partial charge in [0.1, 0.15) is 9.46 Å². The molecule has 0 aliphatic heterocycles. The number of thiophene rings is 1. The van der Waals surface area contributed by atoms with Crippen molar-refractivity contribution in [3.63, 3.8) is 0 Å². The Balaban J connectivity index is 1.87. The van der Waals surface area contributed by atoms with Gasteiger partial charge in [-0.1, -0.05) is 29.8 Å². The van der Waals surface area contributed by atoms with Gasteiger partial charge >= 0.3 is 0 Å². The molecule has 1 amide bonds. The molecule has 1 N–H and O–H groups in total. The minimum atomic E-state index is -3.66. The zero-order valence-electron chi connectivity index (χ0n) is 13.5. The monoisotopic (exact) mass is 406 g/mol. The van der Waals surface area contributed by atoms with Gasteiger partial charge in [0.15, 0.2) is 9.84 Å². The summed E-state index contributed by atoms with van der Waals surface area (Å²) in [5.74, 6) is -0.386. The molecule has 0 fully saturated rings. The zero-order valence-corrected chi connectivity index (χ0v) is 15.9. The largest absolute Gasteiger partial charge is 0.350 e. The third-order valence-electron chi connectivity index (χ3n) is 3.74. The SMILES string of the molecule is O=C(NC[C@@H](c1cccnc1)S(=O)(=O)c1cccs1)c1cccc(Cl)c1. The van der Waals surface area contributed by atoms with Gasteiger partial charge in [0, 0.05) is 29.5 Å². The van der Waals surface area contributed by atoms with E-state index in [0.717, 1.165) is 11.3 Å². The fourth-order valence-corrected chi connectivity index (χ4v) is 5.50. The molecule has 0 saturated carbocycles. The summed E-state index contributed by atoms with van der Waals surface area (Å²) in [6.45, 7) is -0.0721. The predicted molar refractivity (Wildman–Crippen MR) is 102 cm³/mol. The fourth-order valence-electron chi connectivity index (χ4n) is 2.46. The van der Waals surface area contributed by atoms with E-state index in [2.05, 4.69) is 10.3 Å². The van der Waals surface area contributed by atoms with E-state index in [0.29, 0.717) is 16.1 Å². The third-order valence-corrected chi connectivity index (χ3v) is 7.51. The molecule has 0 aliphatic carbocycles. The van der Waals surface area contributed by atoms with Crippen molar-refractivity contribution in [2.45, 2.75) is 9.46 Å². The number of carbonyl (C=O) groups excluding carboxylic acids is 1. The summed E-state index contributed by atoms with van der Waals surface area (Å²) in [6, 6.07) is 13.1. The highest BCUT2D eigenvalue weighted by molar-refractivity contribution is 7.93. The molecule has 2 heterocycles. The molecule has 1 atom stereocenters. The van der Waals surface area contributed by atoms with Gasteiger partial charge in [-0.25, -0.2) is 8.42 Å². The summed E-state index contributed by atoms with van der Waals surface area (Å²) in [7, 11) is -3.66. The Morgan fingerprint density at radius 3 is 2.69 bits per heavy atom. The number of carbonyl (C=O) groups is 1. The first-order chi connectivity index (χ1) is 12.5. The molecule has 0 bridgehead atoms. The van der Waals surface area contributed by atoms with E-state index >= 15 is 0 Å². The van der Waals surface area contributed by atoms with Crippen LogP contribution >= 0.6 is 22.9 Å². The maximum absolute atomic E-state index is 13.0. The van der Waals surface area contributed by atoms with E-state index in [9.17, 15) is 13.2 Å². The molecular weight excluding hydrogens is 392 g/mol. The lowest BCUT2D eigenvalue weighted by atomic mass is 10.2. The number of nitrogens with one attached hydrogen (secondary N) is 1. The number of hydrogen-bond acceptors (Lipinski definition) is 5. The molecule has 134 valence electrons. The van der Waals surface area contributed by atoms with Crippen LogP contribution in [-0.4, -0.2) is 25.9 Å². The van der Waals surface area contributed by atoms with Gasteiger partial charge in [-0.2, -0.15) is 0 Å². The van der Waals surface area contributed by atoms with Crippen molar-refractivity contribution < 1.29 is 13.2 Å². The number of halogens is 1. The summed E-state index contributed by atoms with van der Waals surface area (Å²) in [4.78, 5) is 16.4. The minimum Gasteiger partial charge on any atom is -0.350 e. The van der Waals surface area contributed by atoms with Crippen LogP contribution in [-0.2, 0) is 9.84 Å². The minimum absolute atomic E-state index is 0.0721. The van der Waals surface area contributed by atoms with Crippen molar-refractivity contribution in [2.75, 3.05) is 6.54 Å². The number of nitrogens with zero attached hydrogens (tertiary/aromatic N) is 1. The van der Waals surface area contributed by atoms with E-state index < -0.39 is 15.1 Å². The van der Waals surface area contributed by atoms with E-state index in [1.54, 1.807) is 54.0 Å². The molecule has 0 saturated heterocycles. The molecule has 1 aromatic carbocycles. The smallest absolute Gasteiger partial charge is 0.251 e. The number of amides is 1. The van der Waals surface area contributed by atoms with Crippen molar-refractivity contribution in [2.24, 2.45) is 0 Å². The number of benzene rings is 1. The van der Waals surface area contributed by atoms with Crippen molar-refractivity contribution in [1.29, 1.82) is 0 Å². The molecule has 0 radical (unpaired) electrons. The summed E-state index contributed by atoms with van der Waals surface area (Å²) >= 11 is 7.05. The fraction of sp³-hybridized carbons (Fsp3) is 0.111. The van der Waals surface area contributed by atoms with Gasteiger partial charge in [-0.05, 0) is 41.3 Å². The van der Waals surface area contributed by atoms with Gasteiger partial charge in [0.25, 0.3) is 5.91 Å². The van der Waals surface area contributed by atoms with Crippen LogP contribution in [0.3, 0.4) is 0 Å². The normalized spacial score (nSPS) is 12.5. The molecular formula is C18H15ClN2O3S2. The summed E-state index contributed by atoms with van der Waals surface area (Å²) in [5, 5.41) is 3.90. The highest BCUT2D eigenvalue weighted by Crippen LogP contribution is 2.30. The van der Waals surface area contributed by atoms with E-state index in [4.69, 9.17) is 11.6 Å². The standard InChI is InChI=1S/C18H15ClN2O3S2/c19-15-6-1-4-13(10-15)18(22)21-12-16(14-5-2-8-20-11-14)26(23,24)17-7-3-9-25-17/h1-11,16H,12H2,(H,21,22)/t16-/m0/s1. The van der Waals surface area contributed by atoms with E-state index in [1.807, 2.05) is 0 Å². The highest BCUT2D eigenvalue weighted by Gasteiger charge is 2.30. The van der Waals surface area contributed by atoms with Crippen molar-refractivity contribution >= 4 is 38.7 Å². The van der Waals surface area contributed by atoms with Gasteiger partial charge in [0.05, 0.1) is 0 Å². The second-order valence-corrected chi connectivity index (χ2v) is 9.21. The van der Waals surface area contributed by atoms with Crippen LogP contribution in [0.25, 0.3) is 0 Å². The Morgan fingerprint density at radius 2 is 2.04 bits per heavy atom. The first-order valence-electron chi connectivity index (χ1n) is 7.69. The van der Waals surface area contributed by atoms with Crippen LogP contribution in [0.2, 0.25) is 5.02 Å². The number of rotatable bonds is 6. The van der Waals surface area contributed by atoms with Crippen molar-refractivity contribution in [3.05, 3.63) is 82.5 Å². The average molecular weight is 407 g/mol. The summed E-state index contributed by atoms with van der Waals surface area (Å²) in [6.07, 6.45) is 3.07. The molecule has 8 heteroatoms. The average Bonchev–Trinajstić information content (AvgIpc) is 3.18. The van der Waals surface area contributed by atoms with Gasteiger partial charge in [-0.3, -0.25) is 9.78 Å². The molecule has 2 aromatic heterocycles.